The molecule has 2 aromatic carbocycles. The summed E-state index contributed by atoms with van der Waals surface area (Å²) in [5.41, 5.74) is 12.7. The average molecular weight is 524 g/mol. The molecule has 0 fully saturated rings. The maximum atomic E-state index is 14.1. The van der Waals surface area contributed by atoms with Crippen LogP contribution < -0.4 is 11.5 Å². The molecular weight excluding hydrogens is 498 g/mol. The molecule has 4 rings (SSSR count). The lowest BCUT2D eigenvalue weighted by Crippen LogP contribution is -2.41. The molecule has 1 unspecified atom stereocenters. The zero-order chi connectivity index (χ0) is 27.3. The van der Waals surface area contributed by atoms with Gasteiger partial charge in [-0.2, -0.15) is 13.2 Å². The van der Waals surface area contributed by atoms with Crippen LogP contribution in [-0.4, -0.2) is 28.0 Å². The summed E-state index contributed by atoms with van der Waals surface area (Å²) in [6, 6.07) is 10.3. The van der Waals surface area contributed by atoms with E-state index in [9.17, 15) is 22.4 Å². The molecule has 1 aliphatic rings. The predicted molar refractivity (Wildman–Crippen MR) is 136 cm³/mol. The second kappa shape index (κ2) is 11.1. The summed E-state index contributed by atoms with van der Waals surface area (Å²) in [6.45, 7) is 0.208. The smallest absolute Gasteiger partial charge is 0.404 e. The molecule has 1 atom stereocenters. The van der Waals surface area contributed by atoms with Crippen LogP contribution in [0.5, 0.6) is 0 Å². The molecule has 10 heteroatoms. The number of nitrogens with two attached hydrogens (primary N) is 2. The number of carbonyl (C=O) groups is 1. The van der Waals surface area contributed by atoms with Gasteiger partial charge in [-0.15, -0.1) is 0 Å². The van der Waals surface area contributed by atoms with Gasteiger partial charge in [-0.25, -0.2) is 14.4 Å². The van der Waals surface area contributed by atoms with Crippen molar-refractivity contribution in [2.45, 2.75) is 25.4 Å². The predicted octanol–water partition coefficient (Wildman–Crippen LogP) is 5.34. The van der Waals surface area contributed by atoms with Crippen molar-refractivity contribution in [1.82, 2.24) is 9.97 Å². The molecule has 3 aromatic rings. The number of allylic oxidation sites excluding steroid dienone is 2. The van der Waals surface area contributed by atoms with Gasteiger partial charge in [-0.1, -0.05) is 17.7 Å². The molecule has 1 aliphatic carbocycles. The third-order valence-electron chi connectivity index (χ3n) is 6.46. The van der Waals surface area contributed by atoms with E-state index in [4.69, 9.17) is 11.5 Å². The summed E-state index contributed by atoms with van der Waals surface area (Å²) >= 11 is 0. The van der Waals surface area contributed by atoms with Crippen molar-refractivity contribution in [2.75, 3.05) is 6.54 Å². The van der Waals surface area contributed by atoms with E-state index in [2.05, 4.69) is 15.0 Å². The summed E-state index contributed by atoms with van der Waals surface area (Å²) in [6.07, 6.45) is 3.28. The molecule has 0 saturated heterocycles. The number of halogens is 4. The standard InChI is InChI=1S/C28H25F4N5O/c29-22-5-7-23(8-6-22)37-24-13-21(9-10-33)27(15-19(24)16-34,26(38)25-17-35-11-12-36-25)14-18-1-3-20(4-2-18)28(30,31)32/h1-8,11-13,16-17H,9-10,14-15,33-34H2. The fourth-order valence-electron chi connectivity index (χ4n) is 4.60. The van der Waals surface area contributed by atoms with Gasteiger partial charge in [-0.05, 0) is 85.6 Å². The summed E-state index contributed by atoms with van der Waals surface area (Å²) in [5, 5.41) is 0. The number of aliphatic imine (C=N–C) groups is 1. The van der Waals surface area contributed by atoms with Crippen LogP contribution in [-0.2, 0) is 12.6 Å². The van der Waals surface area contributed by atoms with E-state index < -0.39 is 23.0 Å². The number of alkyl halides is 3. The third-order valence-corrected chi connectivity index (χ3v) is 6.46. The largest absolute Gasteiger partial charge is 0.416 e. The van der Waals surface area contributed by atoms with Crippen LogP contribution in [0.15, 0.2) is 95.5 Å². The minimum absolute atomic E-state index is 0.0769. The summed E-state index contributed by atoms with van der Waals surface area (Å²) in [7, 11) is 0. The quantitative estimate of drug-likeness (QED) is 0.321. The molecule has 0 aliphatic heterocycles. The minimum atomic E-state index is -4.48. The van der Waals surface area contributed by atoms with Gasteiger partial charge in [0.1, 0.15) is 11.5 Å². The van der Waals surface area contributed by atoms with Gasteiger partial charge in [0.15, 0.2) is 5.78 Å². The number of nitrogens with zero attached hydrogens (tertiary/aromatic N) is 3. The van der Waals surface area contributed by atoms with Gasteiger partial charge < -0.3 is 11.5 Å². The van der Waals surface area contributed by atoms with Crippen LogP contribution in [0.25, 0.3) is 0 Å². The molecular formula is C28H25F4N5O. The fourth-order valence-corrected chi connectivity index (χ4v) is 4.60. The number of hydrogen-bond acceptors (Lipinski definition) is 6. The molecule has 38 heavy (non-hydrogen) atoms. The number of ketones is 1. The Hall–Kier alpha value is -4.18. The second-order valence-corrected chi connectivity index (χ2v) is 8.92. The summed E-state index contributed by atoms with van der Waals surface area (Å²) in [5.74, 6) is -0.762. The van der Waals surface area contributed by atoms with E-state index in [1.165, 1.54) is 61.2 Å². The van der Waals surface area contributed by atoms with Crippen LogP contribution in [0.1, 0.15) is 34.5 Å². The van der Waals surface area contributed by atoms with Crippen LogP contribution in [0.2, 0.25) is 0 Å². The lowest BCUT2D eigenvalue weighted by molar-refractivity contribution is -0.137. The van der Waals surface area contributed by atoms with Crippen molar-refractivity contribution < 1.29 is 22.4 Å². The highest BCUT2D eigenvalue weighted by molar-refractivity contribution is 6.14. The van der Waals surface area contributed by atoms with Gasteiger partial charge >= 0.3 is 6.18 Å². The number of aromatic nitrogens is 2. The Labute approximate surface area is 216 Å². The summed E-state index contributed by atoms with van der Waals surface area (Å²) in [4.78, 5) is 26.9. The van der Waals surface area contributed by atoms with Crippen molar-refractivity contribution in [2.24, 2.45) is 21.9 Å². The number of hydrogen-bond donors (Lipinski definition) is 2. The normalized spacial score (nSPS) is 20.0. The van der Waals surface area contributed by atoms with Crippen molar-refractivity contribution in [3.8, 4) is 0 Å². The van der Waals surface area contributed by atoms with Crippen molar-refractivity contribution in [3.63, 3.8) is 0 Å². The molecule has 4 N–H and O–H groups in total. The third kappa shape index (κ3) is 5.70. The van der Waals surface area contributed by atoms with Crippen molar-refractivity contribution >= 4 is 17.2 Å². The first-order valence-electron chi connectivity index (χ1n) is 11.8. The highest BCUT2D eigenvalue weighted by atomic mass is 19.4. The fraction of sp³-hybridized carbons (Fsp3) is 0.214. The van der Waals surface area contributed by atoms with E-state index >= 15 is 0 Å². The van der Waals surface area contributed by atoms with Crippen molar-refractivity contribution in [1.29, 1.82) is 0 Å². The van der Waals surface area contributed by atoms with Crippen LogP contribution in [0.4, 0.5) is 23.2 Å². The first-order valence-corrected chi connectivity index (χ1v) is 11.8. The maximum absolute atomic E-state index is 14.1. The van der Waals surface area contributed by atoms with Crippen LogP contribution in [0.3, 0.4) is 0 Å². The Bertz CT molecular complexity index is 1380. The molecule has 1 aromatic heterocycles. The average Bonchev–Trinajstić information content (AvgIpc) is 2.91. The summed E-state index contributed by atoms with van der Waals surface area (Å²) < 4.78 is 52.9. The second-order valence-electron chi connectivity index (χ2n) is 8.92. The Morgan fingerprint density at radius 2 is 1.79 bits per heavy atom. The zero-order valence-corrected chi connectivity index (χ0v) is 20.3. The van der Waals surface area contributed by atoms with Gasteiger partial charge in [0.2, 0.25) is 0 Å². The van der Waals surface area contributed by atoms with E-state index in [-0.39, 0.29) is 30.9 Å². The van der Waals surface area contributed by atoms with Gasteiger partial charge in [0, 0.05) is 12.4 Å². The van der Waals surface area contributed by atoms with E-state index in [0.717, 1.165) is 12.1 Å². The Morgan fingerprint density at radius 1 is 1.08 bits per heavy atom. The SMILES string of the molecule is NC=C1CC(Cc2ccc(C(F)(F)F)cc2)(C(=O)c2cnccn2)C(CCN)=CC1=Nc1ccc(F)cc1. The molecule has 1 heterocycles. The highest BCUT2D eigenvalue weighted by Gasteiger charge is 2.46. The number of benzene rings is 2. The maximum Gasteiger partial charge on any atom is 0.416 e. The topological polar surface area (TPSA) is 107 Å². The Morgan fingerprint density at radius 3 is 2.37 bits per heavy atom. The molecule has 0 spiro atoms. The zero-order valence-electron chi connectivity index (χ0n) is 20.3. The Kier molecular flexibility index (Phi) is 7.82. The molecule has 0 radical (unpaired) electrons. The lowest BCUT2D eigenvalue weighted by Gasteiger charge is -2.39. The number of carbonyl (C=O) groups excluding carboxylic acids is 1. The Balaban J connectivity index is 1.87. The van der Waals surface area contributed by atoms with Crippen molar-refractivity contribution in [3.05, 3.63) is 113 Å². The van der Waals surface area contributed by atoms with Crippen LogP contribution in [0, 0.1) is 11.2 Å². The van der Waals surface area contributed by atoms with E-state index in [1.807, 2.05) is 0 Å². The first kappa shape index (κ1) is 26.9. The van der Waals surface area contributed by atoms with E-state index in [1.54, 1.807) is 6.08 Å². The monoisotopic (exact) mass is 523 g/mol. The molecule has 196 valence electrons. The van der Waals surface area contributed by atoms with Gasteiger partial charge in [0.25, 0.3) is 0 Å². The van der Waals surface area contributed by atoms with Gasteiger partial charge in [0.05, 0.1) is 28.6 Å². The number of rotatable bonds is 7. The molecule has 0 bridgehead atoms. The van der Waals surface area contributed by atoms with E-state index in [0.29, 0.717) is 34.5 Å². The highest BCUT2D eigenvalue weighted by Crippen LogP contribution is 2.46. The molecule has 6 nitrogen and oxygen atoms in total. The van der Waals surface area contributed by atoms with Crippen LogP contribution >= 0.6 is 0 Å². The molecule has 0 saturated carbocycles. The number of Topliss-reactive ketones (excluding diaryl/α,β-unsaturated/α-hetero) is 1. The molecule has 0 amide bonds. The first-order chi connectivity index (χ1) is 18.2. The lowest BCUT2D eigenvalue weighted by atomic mass is 9.63. The van der Waals surface area contributed by atoms with Gasteiger partial charge in [-0.3, -0.25) is 9.78 Å². The minimum Gasteiger partial charge on any atom is -0.404 e.